The second kappa shape index (κ2) is 13.8. The largest absolute Gasteiger partial charge is 0.379 e. The molecule has 0 amide bonds. The average Bonchev–Trinajstić information content (AvgIpc) is 3.43. The number of anilines is 1. The van der Waals surface area contributed by atoms with Crippen molar-refractivity contribution in [3.8, 4) is 0 Å². The van der Waals surface area contributed by atoms with Crippen molar-refractivity contribution in [3.05, 3.63) is 42.0 Å². The van der Waals surface area contributed by atoms with Gasteiger partial charge in [-0.25, -0.2) is 4.99 Å². The number of ether oxygens (including phenoxy) is 2. The minimum Gasteiger partial charge on any atom is -0.379 e. The minimum absolute atomic E-state index is 0. The van der Waals surface area contributed by atoms with Gasteiger partial charge in [0.25, 0.3) is 0 Å². The molecule has 0 aromatic heterocycles. The predicted molar refractivity (Wildman–Crippen MR) is 130 cm³/mol. The van der Waals surface area contributed by atoms with Crippen LogP contribution in [0.3, 0.4) is 0 Å². The summed E-state index contributed by atoms with van der Waals surface area (Å²) in [6.07, 6.45) is 7.97. The Labute approximate surface area is 192 Å². The maximum absolute atomic E-state index is 5.72. The molecule has 0 radical (unpaired) electrons. The summed E-state index contributed by atoms with van der Waals surface area (Å²) in [6.45, 7) is 8.78. The summed E-state index contributed by atoms with van der Waals surface area (Å²) < 4.78 is 11.3. The molecule has 1 atom stereocenters. The van der Waals surface area contributed by atoms with Crippen LogP contribution in [0.2, 0.25) is 0 Å². The Balaban J connectivity index is 0.00000300. The summed E-state index contributed by atoms with van der Waals surface area (Å²) in [5.41, 5.74) is 2.49. The number of benzene rings is 1. The lowest BCUT2D eigenvalue weighted by molar-refractivity contribution is 0.0168. The number of guanidine groups is 1. The van der Waals surface area contributed by atoms with E-state index in [0.717, 1.165) is 71.2 Å². The van der Waals surface area contributed by atoms with Gasteiger partial charge < -0.3 is 25.0 Å². The van der Waals surface area contributed by atoms with Gasteiger partial charge in [0, 0.05) is 45.1 Å². The molecule has 1 fully saturated rings. The van der Waals surface area contributed by atoms with Crippen molar-refractivity contribution >= 4 is 35.6 Å². The molecule has 162 valence electrons. The van der Waals surface area contributed by atoms with Crippen LogP contribution >= 0.6 is 24.0 Å². The molecule has 0 bridgehead atoms. The van der Waals surface area contributed by atoms with Gasteiger partial charge in [-0.3, -0.25) is 0 Å². The number of hydrogen-bond acceptors (Lipinski definition) is 4. The highest BCUT2D eigenvalue weighted by molar-refractivity contribution is 14.0. The van der Waals surface area contributed by atoms with Gasteiger partial charge in [-0.05, 0) is 43.9 Å². The number of nitrogens with zero attached hydrogens (tertiary/aromatic N) is 2. The fourth-order valence-corrected chi connectivity index (χ4v) is 3.42. The third kappa shape index (κ3) is 8.52. The summed E-state index contributed by atoms with van der Waals surface area (Å²) in [7, 11) is 0. The van der Waals surface area contributed by atoms with Crippen molar-refractivity contribution in [2.45, 2.75) is 38.8 Å². The van der Waals surface area contributed by atoms with Crippen molar-refractivity contribution in [2.75, 3.05) is 50.9 Å². The van der Waals surface area contributed by atoms with Crippen LogP contribution in [0.1, 0.15) is 31.7 Å². The second-order valence-electron chi connectivity index (χ2n) is 7.23. The zero-order valence-electron chi connectivity index (χ0n) is 17.4. The lowest BCUT2D eigenvalue weighted by atomic mass is 10.2. The normalized spacial score (nSPS) is 18.7. The van der Waals surface area contributed by atoms with Crippen LogP contribution in [0.4, 0.5) is 5.69 Å². The van der Waals surface area contributed by atoms with E-state index in [1.54, 1.807) is 0 Å². The first-order chi connectivity index (χ1) is 13.8. The molecule has 1 unspecified atom stereocenters. The van der Waals surface area contributed by atoms with E-state index in [1.807, 2.05) is 0 Å². The fraction of sp³-hybridized carbons (Fsp3) is 0.591. The van der Waals surface area contributed by atoms with Crippen molar-refractivity contribution in [3.63, 3.8) is 0 Å². The predicted octanol–water partition coefficient (Wildman–Crippen LogP) is 3.32. The van der Waals surface area contributed by atoms with Crippen LogP contribution < -0.4 is 15.5 Å². The Bertz CT molecular complexity index is 639. The highest BCUT2D eigenvalue weighted by Crippen LogP contribution is 2.19. The van der Waals surface area contributed by atoms with Crippen LogP contribution in [0, 0.1) is 0 Å². The smallest absolute Gasteiger partial charge is 0.191 e. The van der Waals surface area contributed by atoms with E-state index in [-0.39, 0.29) is 24.0 Å². The first kappa shape index (κ1) is 24.0. The summed E-state index contributed by atoms with van der Waals surface area (Å²) in [5, 5.41) is 6.71. The molecule has 1 aromatic rings. The van der Waals surface area contributed by atoms with Gasteiger partial charge in [-0.15, -0.1) is 24.0 Å². The molecule has 1 aromatic carbocycles. The minimum atomic E-state index is 0. The summed E-state index contributed by atoms with van der Waals surface area (Å²) in [4.78, 5) is 7.09. The topological polar surface area (TPSA) is 58.1 Å². The first-order valence-corrected chi connectivity index (χ1v) is 10.6. The summed E-state index contributed by atoms with van der Waals surface area (Å²) >= 11 is 0. The Morgan fingerprint density at radius 1 is 1.28 bits per heavy atom. The molecule has 3 rings (SSSR count). The van der Waals surface area contributed by atoms with E-state index in [9.17, 15) is 0 Å². The van der Waals surface area contributed by atoms with E-state index in [1.165, 1.54) is 11.3 Å². The van der Waals surface area contributed by atoms with E-state index in [0.29, 0.717) is 12.6 Å². The molecule has 7 heteroatoms. The van der Waals surface area contributed by atoms with E-state index >= 15 is 0 Å². The quantitative estimate of drug-likeness (QED) is 0.165. The second-order valence-corrected chi connectivity index (χ2v) is 7.23. The Kier molecular flexibility index (Phi) is 11.4. The molecule has 0 aliphatic carbocycles. The molecule has 0 spiro atoms. The molecule has 6 nitrogen and oxygen atoms in total. The molecule has 2 aliphatic rings. The number of hydrogen-bond donors (Lipinski definition) is 2. The summed E-state index contributed by atoms with van der Waals surface area (Å²) in [5.74, 6) is 0.856. The van der Waals surface area contributed by atoms with Gasteiger partial charge in [0.15, 0.2) is 5.96 Å². The zero-order chi connectivity index (χ0) is 19.4. The number of rotatable bonds is 10. The van der Waals surface area contributed by atoms with Gasteiger partial charge in [0.2, 0.25) is 0 Å². The van der Waals surface area contributed by atoms with Crippen LogP contribution in [0.15, 0.2) is 41.4 Å². The standard InChI is InChI=1S/C22H34N4O2.HI/c1-2-23-22(24-11-7-14-27-18-21-10-6-15-28-21)25-17-19-8-5-9-20(16-19)26-12-3-4-13-26;/h3-5,8-9,16,21H,2,6-7,10-15,17-18H2,1H3,(H2,23,24,25);1H. The molecule has 0 saturated carbocycles. The molecule has 1 saturated heterocycles. The highest BCUT2D eigenvalue weighted by atomic mass is 127. The van der Waals surface area contributed by atoms with Crippen molar-refractivity contribution in [2.24, 2.45) is 4.99 Å². The van der Waals surface area contributed by atoms with Crippen LogP contribution in [-0.4, -0.2) is 58.1 Å². The monoisotopic (exact) mass is 514 g/mol. The van der Waals surface area contributed by atoms with Gasteiger partial charge >= 0.3 is 0 Å². The maximum Gasteiger partial charge on any atom is 0.191 e. The third-order valence-electron chi connectivity index (χ3n) is 4.94. The lowest BCUT2D eigenvalue weighted by Gasteiger charge is -2.18. The van der Waals surface area contributed by atoms with E-state index in [4.69, 9.17) is 14.5 Å². The third-order valence-corrected chi connectivity index (χ3v) is 4.94. The molecular weight excluding hydrogens is 479 g/mol. The number of halogens is 1. The van der Waals surface area contributed by atoms with Gasteiger partial charge in [0.1, 0.15) is 0 Å². The Morgan fingerprint density at radius 2 is 2.14 bits per heavy atom. The highest BCUT2D eigenvalue weighted by Gasteiger charge is 2.14. The van der Waals surface area contributed by atoms with Crippen molar-refractivity contribution in [1.82, 2.24) is 10.6 Å². The van der Waals surface area contributed by atoms with Gasteiger partial charge in [-0.1, -0.05) is 24.3 Å². The van der Waals surface area contributed by atoms with E-state index < -0.39 is 0 Å². The van der Waals surface area contributed by atoms with E-state index in [2.05, 4.69) is 58.9 Å². The molecule has 2 N–H and O–H groups in total. The van der Waals surface area contributed by atoms with Gasteiger partial charge in [-0.2, -0.15) is 0 Å². The average molecular weight is 514 g/mol. The maximum atomic E-state index is 5.72. The number of aliphatic imine (C=N–C) groups is 1. The number of nitrogens with one attached hydrogen (secondary N) is 2. The Hall–Kier alpha value is -1.32. The van der Waals surface area contributed by atoms with Crippen molar-refractivity contribution in [1.29, 1.82) is 0 Å². The summed E-state index contributed by atoms with van der Waals surface area (Å²) in [6, 6.07) is 8.66. The first-order valence-electron chi connectivity index (χ1n) is 10.6. The molecule has 29 heavy (non-hydrogen) atoms. The molecule has 2 aliphatic heterocycles. The van der Waals surface area contributed by atoms with Crippen LogP contribution in [0.25, 0.3) is 0 Å². The molecule has 2 heterocycles. The SMILES string of the molecule is CCNC(=NCc1cccc(N2CC=CC2)c1)NCCCOCC1CCCO1.I. The molecular formula is C22H35IN4O2. The van der Waals surface area contributed by atoms with Crippen LogP contribution in [-0.2, 0) is 16.0 Å². The zero-order valence-corrected chi connectivity index (χ0v) is 19.8. The Morgan fingerprint density at radius 3 is 2.90 bits per heavy atom. The van der Waals surface area contributed by atoms with Crippen LogP contribution in [0.5, 0.6) is 0 Å². The van der Waals surface area contributed by atoms with Crippen molar-refractivity contribution < 1.29 is 9.47 Å². The van der Waals surface area contributed by atoms with Gasteiger partial charge in [0.05, 0.1) is 19.3 Å². The fourth-order valence-electron chi connectivity index (χ4n) is 3.42. The lowest BCUT2D eigenvalue weighted by Crippen LogP contribution is -2.38.